The number of unbranched alkanes of at least 4 members (excludes halogenated alkanes) is 2. The molecule has 0 unspecified atom stereocenters. The second-order valence-corrected chi connectivity index (χ2v) is 3.44. The molecule has 0 saturated carbocycles. The molecule has 1 rings (SSSR count). The average Bonchev–Trinajstić information content (AvgIpc) is 2.25. The van der Waals surface area contributed by atoms with E-state index in [9.17, 15) is 4.79 Å². The average molecular weight is 204 g/mol. The van der Waals surface area contributed by atoms with Crippen molar-refractivity contribution in [2.45, 2.75) is 26.2 Å². The Morgan fingerprint density at radius 3 is 2.80 bits per heavy atom. The summed E-state index contributed by atoms with van der Waals surface area (Å²) in [5.74, 6) is -0.870. The van der Waals surface area contributed by atoms with Gasteiger partial charge in [0, 0.05) is 0 Å². The van der Waals surface area contributed by atoms with Crippen LogP contribution >= 0.6 is 0 Å². The molecule has 0 aliphatic rings. The molecule has 80 valence electrons. The third-order valence-corrected chi connectivity index (χ3v) is 2.21. The predicted octanol–water partition coefficient (Wildman–Crippen LogP) is 3.59. The molecular formula is C13H16O2. The minimum atomic E-state index is -0.870. The molecule has 0 aliphatic heterocycles. The van der Waals surface area contributed by atoms with E-state index in [1.807, 2.05) is 24.3 Å². The summed E-state index contributed by atoms with van der Waals surface area (Å²) in [5.41, 5.74) is 1.14. The third kappa shape index (κ3) is 3.58. The number of aromatic carboxylic acids is 1. The quantitative estimate of drug-likeness (QED) is 0.744. The summed E-state index contributed by atoms with van der Waals surface area (Å²) in [4.78, 5) is 10.9. The Morgan fingerprint density at radius 1 is 1.40 bits per heavy atom. The van der Waals surface area contributed by atoms with E-state index in [0.717, 1.165) is 24.8 Å². The molecule has 0 aromatic heterocycles. The van der Waals surface area contributed by atoms with Gasteiger partial charge < -0.3 is 5.11 Å². The van der Waals surface area contributed by atoms with Gasteiger partial charge >= 0.3 is 5.97 Å². The van der Waals surface area contributed by atoms with Crippen molar-refractivity contribution >= 4 is 12.0 Å². The van der Waals surface area contributed by atoms with Gasteiger partial charge in [-0.3, -0.25) is 0 Å². The first kappa shape index (κ1) is 11.5. The summed E-state index contributed by atoms with van der Waals surface area (Å²) >= 11 is 0. The molecule has 1 aromatic rings. The summed E-state index contributed by atoms with van der Waals surface area (Å²) in [7, 11) is 0. The molecular weight excluding hydrogens is 188 g/mol. The lowest BCUT2D eigenvalue weighted by Crippen LogP contribution is -1.98. The van der Waals surface area contributed by atoms with Crippen LogP contribution in [0.5, 0.6) is 0 Å². The highest BCUT2D eigenvalue weighted by Gasteiger charge is 2.05. The lowest BCUT2D eigenvalue weighted by Gasteiger charge is -1.99. The van der Waals surface area contributed by atoms with Crippen molar-refractivity contribution in [2.75, 3.05) is 0 Å². The standard InChI is InChI=1S/C13H16O2/c1-2-3-4-5-8-11-9-6-7-10-12(11)13(14)15/h5-10H,2-4H2,1H3,(H,14,15)/b8-5+. The van der Waals surface area contributed by atoms with Gasteiger partial charge in [-0.25, -0.2) is 4.79 Å². The molecule has 2 nitrogen and oxygen atoms in total. The highest BCUT2D eigenvalue weighted by Crippen LogP contribution is 2.11. The number of rotatable bonds is 5. The molecule has 1 N–H and O–H groups in total. The normalized spacial score (nSPS) is 10.7. The number of carboxylic acids is 1. The maximum Gasteiger partial charge on any atom is 0.336 e. The second-order valence-electron chi connectivity index (χ2n) is 3.44. The van der Waals surface area contributed by atoms with Crippen LogP contribution < -0.4 is 0 Å². The Balaban J connectivity index is 2.75. The van der Waals surface area contributed by atoms with E-state index in [1.54, 1.807) is 12.1 Å². The topological polar surface area (TPSA) is 37.3 Å². The molecule has 0 heterocycles. The van der Waals surface area contributed by atoms with Crippen LogP contribution in [0.15, 0.2) is 30.3 Å². The Hall–Kier alpha value is -1.57. The van der Waals surface area contributed by atoms with Crippen LogP contribution in [-0.4, -0.2) is 11.1 Å². The molecule has 0 radical (unpaired) electrons. The largest absolute Gasteiger partial charge is 0.478 e. The smallest absolute Gasteiger partial charge is 0.336 e. The lowest BCUT2D eigenvalue weighted by atomic mass is 10.1. The second kappa shape index (κ2) is 6.02. The maximum absolute atomic E-state index is 10.9. The molecule has 0 bridgehead atoms. The fraction of sp³-hybridized carbons (Fsp3) is 0.308. The van der Waals surface area contributed by atoms with Gasteiger partial charge in [-0.15, -0.1) is 0 Å². The molecule has 2 heteroatoms. The van der Waals surface area contributed by atoms with Gasteiger partial charge in [0.1, 0.15) is 0 Å². The van der Waals surface area contributed by atoms with E-state index < -0.39 is 5.97 Å². The third-order valence-electron chi connectivity index (χ3n) is 2.21. The van der Waals surface area contributed by atoms with E-state index in [4.69, 9.17) is 5.11 Å². The number of benzene rings is 1. The summed E-state index contributed by atoms with van der Waals surface area (Å²) < 4.78 is 0. The summed E-state index contributed by atoms with van der Waals surface area (Å²) in [5, 5.41) is 8.93. The van der Waals surface area contributed by atoms with Gasteiger partial charge in [0.05, 0.1) is 5.56 Å². The van der Waals surface area contributed by atoms with Crippen molar-refractivity contribution in [3.8, 4) is 0 Å². The van der Waals surface area contributed by atoms with Crippen molar-refractivity contribution < 1.29 is 9.90 Å². The zero-order valence-corrected chi connectivity index (χ0v) is 8.94. The fourth-order valence-corrected chi connectivity index (χ4v) is 1.37. The maximum atomic E-state index is 10.9. The van der Waals surface area contributed by atoms with Crippen LogP contribution in [0.1, 0.15) is 42.1 Å². The molecule has 0 saturated heterocycles. The molecule has 0 atom stereocenters. The molecule has 0 aliphatic carbocycles. The molecule has 0 fully saturated rings. The van der Waals surface area contributed by atoms with E-state index in [-0.39, 0.29) is 0 Å². The van der Waals surface area contributed by atoms with Crippen molar-refractivity contribution in [3.05, 3.63) is 41.5 Å². The number of carboxylic acid groups (broad SMARTS) is 1. The summed E-state index contributed by atoms with van der Waals surface area (Å²) in [6.45, 7) is 2.14. The highest BCUT2D eigenvalue weighted by molar-refractivity contribution is 5.92. The van der Waals surface area contributed by atoms with Gasteiger partial charge in [0.15, 0.2) is 0 Å². The molecule has 15 heavy (non-hydrogen) atoms. The monoisotopic (exact) mass is 204 g/mol. The number of hydrogen-bond acceptors (Lipinski definition) is 1. The first-order valence-electron chi connectivity index (χ1n) is 5.24. The van der Waals surface area contributed by atoms with E-state index in [0.29, 0.717) is 5.56 Å². The van der Waals surface area contributed by atoms with Gasteiger partial charge in [-0.2, -0.15) is 0 Å². The first-order valence-corrected chi connectivity index (χ1v) is 5.24. The predicted molar refractivity (Wildman–Crippen MR) is 62.0 cm³/mol. The van der Waals surface area contributed by atoms with Gasteiger partial charge in [0.25, 0.3) is 0 Å². The van der Waals surface area contributed by atoms with Crippen molar-refractivity contribution in [2.24, 2.45) is 0 Å². The summed E-state index contributed by atoms with van der Waals surface area (Å²) in [6, 6.07) is 7.05. The minimum absolute atomic E-state index is 0.366. The van der Waals surface area contributed by atoms with E-state index >= 15 is 0 Å². The van der Waals surface area contributed by atoms with Crippen LogP contribution in [0.2, 0.25) is 0 Å². The van der Waals surface area contributed by atoms with Crippen molar-refractivity contribution in [3.63, 3.8) is 0 Å². The highest BCUT2D eigenvalue weighted by atomic mass is 16.4. The number of allylic oxidation sites excluding steroid dienone is 1. The first-order chi connectivity index (χ1) is 7.25. The van der Waals surface area contributed by atoms with Crippen LogP contribution in [-0.2, 0) is 0 Å². The Bertz CT molecular complexity index is 353. The number of hydrogen-bond donors (Lipinski definition) is 1. The van der Waals surface area contributed by atoms with Crippen LogP contribution in [0.3, 0.4) is 0 Å². The number of carbonyl (C=O) groups is 1. The van der Waals surface area contributed by atoms with Crippen LogP contribution in [0.4, 0.5) is 0 Å². The van der Waals surface area contributed by atoms with E-state index in [1.165, 1.54) is 0 Å². The van der Waals surface area contributed by atoms with Gasteiger partial charge in [0.2, 0.25) is 0 Å². The van der Waals surface area contributed by atoms with Crippen LogP contribution in [0.25, 0.3) is 6.08 Å². The van der Waals surface area contributed by atoms with E-state index in [2.05, 4.69) is 6.92 Å². The van der Waals surface area contributed by atoms with Crippen LogP contribution in [0, 0.1) is 0 Å². The Labute approximate surface area is 90.3 Å². The fourth-order valence-electron chi connectivity index (χ4n) is 1.37. The van der Waals surface area contributed by atoms with Gasteiger partial charge in [-0.1, -0.05) is 50.1 Å². The Kier molecular flexibility index (Phi) is 4.61. The zero-order chi connectivity index (χ0) is 11.1. The molecule has 0 spiro atoms. The van der Waals surface area contributed by atoms with Crippen molar-refractivity contribution in [1.82, 2.24) is 0 Å². The lowest BCUT2D eigenvalue weighted by molar-refractivity contribution is 0.0696. The van der Waals surface area contributed by atoms with Crippen molar-refractivity contribution in [1.29, 1.82) is 0 Å². The van der Waals surface area contributed by atoms with Gasteiger partial charge in [-0.05, 0) is 18.1 Å². The zero-order valence-electron chi connectivity index (χ0n) is 8.94. The minimum Gasteiger partial charge on any atom is -0.478 e. The summed E-state index contributed by atoms with van der Waals surface area (Å²) in [6.07, 6.45) is 7.23. The SMILES string of the molecule is CCCC/C=C/c1ccccc1C(=O)O. The molecule has 0 amide bonds. The Morgan fingerprint density at radius 2 is 2.13 bits per heavy atom. The molecule has 1 aromatic carbocycles.